The van der Waals surface area contributed by atoms with Gasteiger partial charge in [0.15, 0.2) is 0 Å². The molecule has 0 atom stereocenters. The molecule has 2 aromatic carbocycles. The van der Waals surface area contributed by atoms with Gasteiger partial charge in [-0.2, -0.15) is 0 Å². The number of amides is 1. The Hall–Kier alpha value is -2.55. The predicted octanol–water partition coefficient (Wildman–Crippen LogP) is 4.23. The van der Waals surface area contributed by atoms with Gasteiger partial charge in [0, 0.05) is 16.6 Å². The van der Waals surface area contributed by atoms with Crippen molar-refractivity contribution >= 4 is 22.6 Å². The SMILES string of the molecule is Cc1cc2occ(CC(=O)Nc3ccccc3)c2cc1C. The van der Waals surface area contributed by atoms with Crippen molar-refractivity contribution in [3.63, 3.8) is 0 Å². The Morgan fingerprint density at radius 2 is 1.81 bits per heavy atom. The van der Waals surface area contributed by atoms with Crippen molar-refractivity contribution in [2.75, 3.05) is 5.32 Å². The maximum absolute atomic E-state index is 12.1. The zero-order valence-electron chi connectivity index (χ0n) is 12.1. The van der Waals surface area contributed by atoms with Crippen LogP contribution in [0.15, 0.2) is 53.1 Å². The van der Waals surface area contributed by atoms with Gasteiger partial charge in [0.1, 0.15) is 5.58 Å². The van der Waals surface area contributed by atoms with E-state index in [-0.39, 0.29) is 5.91 Å². The fourth-order valence-electron chi connectivity index (χ4n) is 2.37. The average molecular weight is 279 g/mol. The van der Waals surface area contributed by atoms with E-state index in [2.05, 4.69) is 25.2 Å². The van der Waals surface area contributed by atoms with Gasteiger partial charge in [-0.1, -0.05) is 18.2 Å². The standard InChI is InChI=1S/C18H17NO2/c1-12-8-16-14(11-21-17(16)9-13(12)2)10-18(20)19-15-6-4-3-5-7-15/h3-9,11H,10H2,1-2H3,(H,19,20). The van der Waals surface area contributed by atoms with Gasteiger partial charge >= 0.3 is 0 Å². The van der Waals surface area contributed by atoms with E-state index in [4.69, 9.17) is 4.42 Å². The number of fused-ring (bicyclic) bond motifs is 1. The average Bonchev–Trinajstić information content (AvgIpc) is 2.83. The second-order valence-corrected chi connectivity index (χ2v) is 5.28. The summed E-state index contributed by atoms with van der Waals surface area (Å²) in [5.74, 6) is -0.0397. The van der Waals surface area contributed by atoms with Gasteiger partial charge in [0.05, 0.1) is 12.7 Å². The Morgan fingerprint density at radius 3 is 2.57 bits per heavy atom. The van der Waals surface area contributed by atoms with E-state index in [0.29, 0.717) is 6.42 Å². The summed E-state index contributed by atoms with van der Waals surface area (Å²) >= 11 is 0. The summed E-state index contributed by atoms with van der Waals surface area (Å²) in [7, 11) is 0. The quantitative estimate of drug-likeness (QED) is 0.779. The molecule has 106 valence electrons. The Kier molecular flexibility index (Phi) is 3.48. The summed E-state index contributed by atoms with van der Waals surface area (Å²) in [4.78, 5) is 12.1. The predicted molar refractivity (Wildman–Crippen MR) is 84.5 cm³/mol. The summed E-state index contributed by atoms with van der Waals surface area (Å²) in [6.45, 7) is 4.12. The van der Waals surface area contributed by atoms with Gasteiger partial charge in [0.25, 0.3) is 0 Å². The summed E-state index contributed by atoms with van der Waals surface area (Å²) in [5, 5.41) is 3.91. The zero-order valence-corrected chi connectivity index (χ0v) is 12.1. The van der Waals surface area contributed by atoms with Crippen LogP contribution in [0.4, 0.5) is 5.69 Å². The van der Waals surface area contributed by atoms with Crippen LogP contribution in [0, 0.1) is 13.8 Å². The maximum Gasteiger partial charge on any atom is 0.228 e. The van der Waals surface area contributed by atoms with Gasteiger partial charge in [-0.25, -0.2) is 0 Å². The van der Waals surface area contributed by atoms with Crippen molar-refractivity contribution in [3.05, 3.63) is 65.4 Å². The summed E-state index contributed by atoms with van der Waals surface area (Å²) in [5.41, 5.74) is 4.95. The van der Waals surface area contributed by atoms with Crippen LogP contribution in [-0.4, -0.2) is 5.91 Å². The highest BCUT2D eigenvalue weighted by Crippen LogP contribution is 2.25. The van der Waals surface area contributed by atoms with Crippen molar-refractivity contribution in [1.82, 2.24) is 0 Å². The molecule has 0 aliphatic carbocycles. The van der Waals surface area contributed by atoms with Crippen LogP contribution < -0.4 is 5.32 Å². The monoisotopic (exact) mass is 279 g/mol. The molecule has 0 fully saturated rings. The molecule has 21 heavy (non-hydrogen) atoms. The lowest BCUT2D eigenvalue weighted by Crippen LogP contribution is -2.13. The normalized spacial score (nSPS) is 10.8. The molecule has 1 heterocycles. The molecule has 3 rings (SSSR count). The van der Waals surface area contributed by atoms with Gasteiger partial charge in [-0.15, -0.1) is 0 Å². The second-order valence-electron chi connectivity index (χ2n) is 5.28. The van der Waals surface area contributed by atoms with E-state index in [1.165, 1.54) is 11.1 Å². The topological polar surface area (TPSA) is 42.2 Å². The van der Waals surface area contributed by atoms with E-state index >= 15 is 0 Å². The molecule has 3 aromatic rings. The van der Waals surface area contributed by atoms with Crippen molar-refractivity contribution < 1.29 is 9.21 Å². The minimum Gasteiger partial charge on any atom is -0.464 e. The number of carbonyl (C=O) groups is 1. The number of para-hydroxylation sites is 1. The summed E-state index contributed by atoms with van der Waals surface area (Å²) in [6.07, 6.45) is 1.98. The Labute approximate surface area is 123 Å². The van der Waals surface area contributed by atoms with Crippen molar-refractivity contribution in [2.24, 2.45) is 0 Å². The third kappa shape index (κ3) is 2.82. The van der Waals surface area contributed by atoms with Crippen molar-refractivity contribution in [1.29, 1.82) is 0 Å². The van der Waals surface area contributed by atoms with Crippen molar-refractivity contribution in [2.45, 2.75) is 20.3 Å². The number of hydrogen-bond acceptors (Lipinski definition) is 2. The van der Waals surface area contributed by atoms with Gasteiger partial charge in [-0.3, -0.25) is 4.79 Å². The summed E-state index contributed by atoms with van der Waals surface area (Å²) < 4.78 is 5.56. The van der Waals surface area contributed by atoms with E-state index < -0.39 is 0 Å². The molecule has 3 nitrogen and oxygen atoms in total. The fourth-order valence-corrected chi connectivity index (χ4v) is 2.37. The number of furan rings is 1. The van der Waals surface area contributed by atoms with E-state index in [0.717, 1.165) is 22.2 Å². The molecule has 0 aliphatic heterocycles. The molecule has 1 N–H and O–H groups in total. The van der Waals surface area contributed by atoms with Gasteiger partial charge in [0.2, 0.25) is 5.91 Å². The lowest BCUT2D eigenvalue weighted by molar-refractivity contribution is -0.115. The summed E-state index contributed by atoms with van der Waals surface area (Å²) in [6, 6.07) is 13.6. The van der Waals surface area contributed by atoms with E-state index in [1.54, 1.807) is 6.26 Å². The first-order valence-electron chi connectivity index (χ1n) is 6.96. The van der Waals surface area contributed by atoms with E-state index in [9.17, 15) is 4.79 Å². The molecule has 0 radical (unpaired) electrons. The van der Waals surface area contributed by atoms with E-state index in [1.807, 2.05) is 36.4 Å². The molecule has 0 aliphatic rings. The first-order chi connectivity index (χ1) is 10.1. The molecule has 1 amide bonds. The van der Waals surface area contributed by atoms with Crippen LogP contribution >= 0.6 is 0 Å². The van der Waals surface area contributed by atoms with Crippen LogP contribution in [0.5, 0.6) is 0 Å². The third-order valence-corrected chi connectivity index (χ3v) is 3.68. The van der Waals surface area contributed by atoms with Crippen LogP contribution in [0.3, 0.4) is 0 Å². The number of hydrogen-bond donors (Lipinski definition) is 1. The Bertz CT molecular complexity index is 788. The molecule has 3 heteroatoms. The molecule has 0 spiro atoms. The molecule has 0 bridgehead atoms. The Morgan fingerprint density at radius 1 is 1.10 bits per heavy atom. The first kappa shape index (κ1) is 13.4. The lowest BCUT2D eigenvalue weighted by Gasteiger charge is -2.04. The number of nitrogens with one attached hydrogen (secondary N) is 1. The van der Waals surface area contributed by atoms with Crippen LogP contribution in [0.25, 0.3) is 11.0 Å². The van der Waals surface area contributed by atoms with Crippen molar-refractivity contribution in [3.8, 4) is 0 Å². The van der Waals surface area contributed by atoms with Crippen LogP contribution in [0.1, 0.15) is 16.7 Å². The minimum atomic E-state index is -0.0397. The van der Waals surface area contributed by atoms with Crippen LogP contribution in [-0.2, 0) is 11.2 Å². The number of benzene rings is 2. The number of aryl methyl sites for hydroxylation is 2. The third-order valence-electron chi connectivity index (χ3n) is 3.68. The molecule has 0 saturated carbocycles. The number of rotatable bonds is 3. The first-order valence-corrected chi connectivity index (χ1v) is 6.96. The van der Waals surface area contributed by atoms with Gasteiger partial charge in [-0.05, 0) is 49.2 Å². The maximum atomic E-state index is 12.1. The molecule has 0 saturated heterocycles. The number of carbonyl (C=O) groups excluding carboxylic acids is 1. The highest BCUT2D eigenvalue weighted by molar-refractivity contribution is 5.95. The fraction of sp³-hybridized carbons (Fsp3) is 0.167. The minimum absolute atomic E-state index is 0.0397. The second kappa shape index (κ2) is 5.44. The molecule has 1 aromatic heterocycles. The smallest absolute Gasteiger partial charge is 0.228 e. The largest absolute Gasteiger partial charge is 0.464 e. The molecular formula is C18H17NO2. The highest BCUT2D eigenvalue weighted by Gasteiger charge is 2.11. The Balaban J connectivity index is 1.82. The lowest BCUT2D eigenvalue weighted by atomic mass is 10.0. The number of anilines is 1. The molecule has 0 unspecified atom stereocenters. The zero-order chi connectivity index (χ0) is 14.8. The highest BCUT2D eigenvalue weighted by atomic mass is 16.3. The van der Waals surface area contributed by atoms with Crippen LogP contribution in [0.2, 0.25) is 0 Å². The van der Waals surface area contributed by atoms with Gasteiger partial charge < -0.3 is 9.73 Å². The molecular weight excluding hydrogens is 262 g/mol.